The molecule has 0 spiro atoms. The fraction of sp³-hybridized carbons (Fsp3) is 0.0667. The van der Waals surface area contributed by atoms with E-state index in [2.05, 4.69) is 9.69 Å². The van der Waals surface area contributed by atoms with Crippen LogP contribution in [0.4, 0.5) is 5.69 Å². The van der Waals surface area contributed by atoms with Gasteiger partial charge in [-0.1, -0.05) is 0 Å². The Labute approximate surface area is 142 Å². The molecule has 0 saturated carbocycles. The van der Waals surface area contributed by atoms with Crippen LogP contribution in [0, 0.1) is 0 Å². The van der Waals surface area contributed by atoms with Gasteiger partial charge >= 0.3 is 0 Å². The first-order valence-corrected chi connectivity index (χ1v) is 9.07. The lowest BCUT2D eigenvalue weighted by Crippen LogP contribution is -2.16. The SMILES string of the molecule is COc1ccc(S(N)(=O)=O)cc1C(=O)Nc1ccc2sncc2c1. The number of benzene rings is 2. The predicted octanol–water partition coefficient (Wildman–Crippen LogP) is 2.20. The number of sulfonamides is 1. The molecule has 0 unspecified atom stereocenters. The van der Waals surface area contributed by atoms with Crippen molar-refractivity contribution in [2.75, 3.05) is 12.4 Å². The highest BCUT2D eigenvalue weighted by Gasteiger charge is 2.17. The average Bonchev–Trinajstić information content (AvgIpc) is 3.01. The molecule has 1 heterocycles. The van der Waals surface area contributed by atoms with Gasteiger partial charge in [0.25, 0.3) is 5.91 Å². The number of amides is 1. The van der Waals surface area contributed by atoms with E-state index in [0.717, 1.165) is 10.1 Å². The van der Waals surface area contributed by atoms with Crippen molar-refractivity contribution in [1.82, 2.24) is 4.37 Å². The van der Waals surface area contributed by atoms with E-state index in [1.54, 1.807) is 18.3 Å². The first-order valence-electron chi connectivity index (χ1n) is 6.75. The quantitative estimate of drug-likeness (QED) is 0.738. The Hall–Kier alpha value is -2.49. The third-order valence-electron chi connectivity index (χ3n) is 3.35. The molecule has 0 aliphatic rings. The molecular formula is C15H13N3O4S2. The smallest absolute Gasteiger partial charge is 0.259 e. The number of carbonyl (C=O) groups is 1. The van der Waals surface area contributed by atoms with Gasteiger partial charge in [-0.15, -0.1) is 0 Å². The minimum Gasteiger partial charge on any atom is -0.496 e. The molecule has 0 bridgehead atoms. The molecular weight excluding hydrogens is 350 g/mol. The second-order valence-electron chi connectivity index (χ2n) is 4.94. The molecule has 124 valence electrons. The zero-order valence-electron chi connectivity index (χ0n) is 12.5. The molecule has 0 aliphatic heterocycles. The van der Waals surface area contributed by atoms with Crippen LogP contribution in [0.15, 0.2) is 47.5 Å². The molecule has 1 amide bonds. The lowest BCUT2D eigenvalue weighted by molar-refractivity contribution is 0.102. The van der Waals surface area contributed by atoms with Crippen molar-refractivity contribution in [2.45, 2.75) is 4.90 Å². The fourth-order valence-electron chi connectivity index (χ4n) is 2.19. The van der Waals surface area contributed by atoms with Gasteiger partial charge in [0, 0.05) is 17.3 Å². The van der Waals surface area contributed by atoms with E-state index in [4.69, 9.17) is 9.88 Å². The summed E-state index contributed by atoms with van der Waals surface area (Å²) in [5.41, 5.74) is 0.642. The summed E-state index contributed by atoms with van der Waals surface area (Å²) < 4.78 is 33.2. The number of hydrogen-bond donors (Lipinski definition) is 2. The summed E-state index contributed by atoms with van der Waals surface area (Å²) in [5.74, 6) is -0.252. The third-order valence-corrected chi connectivity index (χ3v) is 5.04. The van der Waals surface area contributed by atoms with Crippen molar-refractivity contribution in [3.63, 3.8) is 0 Å². The summed E-state index contributed by atoms with van der Waals surface area (Å²) in [7, 11) is -2.53. The van der Waals surface area contributed by atoms with Gasteiger partial charge in [-0.05, 0) is 47.9 Å². The monoisotopic (exact) mass is 363 g/mol. The normalized spacial score (nSPS) is 11.4. The number of fused-ring (bicyclic) bond motifs is 1. The highest BCUT2D eigenvalue weighted by Crippen LogP contribution is 2.25. The first kappa shape index (κ1) is 16.4. The Morgan fingerprint density at radius 2 is 2.04 bits per heavy atom. The number of nitrogens with one attached hydrogen (secondary N) is 1. The van der Waals surface area contributed by atoms with Gasteiger partial charge in [0.2, 0.25) is 10.0 Å². The Balaban J connectivity index is 1.96. The topological polar surface area (TPSA) is 111 Å². The number of carbonyl (C=O) groups excluding carboxylic acids is 1. The molecule has 3 N–H and O–H groups in total. The summed E-state index contributed by atoms with van der Waals surface area (Å²) >= 11 is 1.36. The predicted molar refractivity (Wildman–Crippen MR) is 91.9 cm³/mol. The minimum atomic E-state index is -3.92. The average molecular weight is 363 g/mol. The number of nitrogens with zero attached hydrogens (tertiary/aromatic N) is 1. The van der Waals surface area contributed by atoms with Crippen LogP contribution in [0.3, 0.4) is 0 Å². The van der Waals surface area contributed by atoms with Crippen LogP contribution in [-0.2, 0) is 10.0 Å². The number of rotatable bonds is 4. The van der Waals surface area contributed by atoms with Crippen LogP contribution in [0.2, 0.25) is 0 Å². The number of anilines is 1. The van der Waals surface area contributed by atoms with E-state index in [-0.39, 0.29) is 16.2 Å². The molecule has 3 rings (SSSR count). The number of aromatic nitrogens is 1. The minimum absolute atomic E-state index is 0.0764. The number of methoxy groups -OCH3 is 1. The molecule has 0 saturated heterocycles. The van der Waals surface area contributed by atoms with Crippen LogP contribution < -0.4 is 15.2 Å². The van der Waals surface area contributed by atoms with E-state index in [9.17, 15) is 13.2 Å². The van der Waals surface area contributed by atoms with E-state index in [1.807, 2.05) is 6.07 Å². The maximum atomic E-state index is 12.5. The summed E-state index contributed by atoms with van der Waals surface area (Å²) in [6, 6.07) is 9.24. The fourth-order valence-corrected chi connectivity index (χ4v) is 3.36. The van der Waals surface area contributed by atoms with Crippen LogP contribution in [0.5, 0.6) is 5.75 Å². The van der Waals surface area contributed by atoms with Gasteiger partial charge in [0.1, 0.15) is 5.75 Å². The Morgan fingerprint density at radius 1 is 1.25 bits per heavy atom. The maximum absolute atomic E-state index is 12.5. The van der Waals surface area contributed by atoms with Crippen LogP contribution in [-0.4, -0.2) is 25.8 Å². The maximum Gasteiger partial charge on any atom is 0.259 e. The number of primary sulfonamides is 1. The van der Waals surface area contributed by atoms with Gasteiger partial charge < -0.3 is 10.1 Å². The molecule has 3 aromatic rings. The zero-order valence-corrected chi connectivity index (χ0v) is 14.1. The van der Waals surface area contributed by atoms with Crippen molar-refractivity contribution in [3.05, 3.63) is 48.2 Å². The molecule has 0 fully saturated rings. The first-order chi connectivity index (χ1) is 11.4. The van der Waals surface area contributed by atoms with E-state index in [0.29, 0.717) is 5.69 Å². The molecule has 0 radical (unpaired) electrons. The van der Waals surface area contributed by atoms with Crippen molar-refractivity contribution >= 4 is 43.2 Å². The van der Waals surface area contributed by atoms with Crippen molar-refractivity contribution < 1.29 is 17.9 Å². The second kappa shape index (κ2) is 6.19. The number of hydrogen-bond acceptors (Lipinski definition) is 6. The van der Waals surface area contributed by atoms with Gasteiger partial charge in [-0.25, -0.2) is 13.6 Å². The largest absolute Gasteiger partial charge is 0.496 e. The van der Waals surface area contributed by atoms with E-state index in [1.165, 1.54) is 36.8 Å². The molecule has 0 aliphatic carbocycles. The highest BCUT2D eigenvalue weighted by molar-refractivity contribution is 7.89. The lowest BCUT2D eigenvalue weighted by atomic mass is 10.1. The Morgan fingerprint density at radius 3 is 2.75 bits per heavy atom. The van der Waals surface area contributed by atoms with Gasteiger partial charge in [-0.2, -0.15) is 4.37 Å². The van der Waals surface area contributed by atoms with Gasteiger partial charge in [-0.3, -0.25) is 4.79 Å². The molecule has 7 nitrogen and oxygen atoms in total. The molecule has 0 atom stereocenters. The van der Waals surface area contributed by atoms with Crippen LogP contribution >= 0.6 is 11.5 Å². The second-order valence-corrected chi connectivity index (χ2v) is 7.33. The summed E-state index contributed by atoms with van der Waals surface area (Å²) in [5, 5.41) is 8.74. The van der Waals surface area contributed by atoms with E-state index < -0.39 is 15.9 Å². The molecule has 1 aromatic heterocycles. The summed E-state index contributed by atoms with van der Waals surface area (Å²) in [6.07, 6.45) is 1.71. The molecule has 9 heteroatoms. The van der Waals surface area contributed by atoms with E-state index >= 15 is 0 Å². The van der Waals surface area contributed by atoms with Crippen molar-refractivity contribution in [3.8, 4) is 5.75 Å². The standard InChI is InChI=1S/C15H13N3O4S2/c1-22-13-4-3-11(24(16,20)21)7-12(13)15(19)18-10-2-5-14-9(6-10)8-17-23-14/h2-8H,1H3,(H,18,19)(H2,16,20,21). The number of nitrogens with two attached hydrogens (primary N) is 1. The van der Waals surface area contributed by atoms with Crippen molar-refractivity contribution in [1.29, 1.82) is 0 Å². The van der Waals surface area contributed by atoms with Crippen LogP contribution in [0.1, 0.15) is 10.4 Å². The highest BCUT2D eigenvalue weighted by atomic mass is 32.2. The lowest BCUT2D eigenvalue weighted by Gasteiger charge is -2.11. The third kappa shape index (κ3) is 3.23. The molecule has 24 heavy (non-hydrogen) atoms. The van der Waals surface area contributed by atoms with Crippen LogP contribution in [0.25, 0.3) is 10.1 Å². The summed E-state index contributed by atoms with van der Waals surface area (Å²) in [6.45, 7) is 0. The van der Waals surface area contributed by atoms with Gasteiger partial charge in [0.15, 0.2) is 0 Å². The number of ether oxygens (including phenoxy) is 1. The van der Waals surface area contributed by atoms with Gasteiger partial charge in [0.05, 0.1) is 22.3 Å². The zero-order chi connectivity index (χ0) is 17.3. The summed E-state index contributed by atoms with van der Waals surface area (Å²) in [4.78, 5) is 12.3. The van der Waals surface area contributed by atoms with Crippen molar-refractivity contribution in [2.24, 2.45) is 5.14 Å². The Bertz CT molecular complexity index is 1030. The molecule has 2 aromatic carbocycles. The Kier molecular flexibility index (Phi) is 4.22.